The summed E-state index contributed by atoms with van der Waals surface area (Å²) in [6, 6.07) is 6.15. The summed E-state index contributed by atoms with van der Waals surface area (Å²) in [5, 5.41) is 17.3. The number of hydrogen-bond acceptors (Lipinski definition) is 2. The summed E-state index contributed by atoms with van der Waals surface area (Å²) in [4.78, 5) is 0. The second-order valence-corrected chi connectivity index (χ2v) is 1.49. The average molecular weight is 166 g/mol. The molecule has 0 atom stereocenters. The molecule has 0 aliphatic carbocycles. The molecule has 1 rings (SSSR count). The van der Waals surface area contributed by atoms with E-state index < -0.39 is 0 Å². The van der Waals surface area contributed by atoms with Crippen LogP contribution < -0.4 is 0 Å². The molecule has 1 radical (unpaired) electrons. The monoisotopic (exact) mass is 166 g/mol. The third-order valence-corrected chi connectivity index (χ3v) is 0.882. The number of phenolic OH excluding ortho intramolecular Hbond substituents is 2. The molecule has 0 fully saturated rings. The fraction of sp³-hybridized carbons (Fsp3) is 0. The van der Waals surface area contributed by atoms with Gasteiger partial charge in [0, 0.05) is 0 Å². The van der Waals surface area contributed by atoms with Crippen molar-refractivity contribution in [3.8, 4) is 11.5 Å². The van der Waals surface area contributed by atoms with Gasteiger partial charge in [-0.3, -0.25) is 0 Å². The molecule has 0 spiro atoms. The smallest absolute Gasteiger partial charge is 0.504 e. The summed E-state index contributed by atoms with van der Waals surface area (Å²) >= 11 is 0. The molecule has 2 nitrogen and oxygen atoms in total. The Morgan fingerprint density at radius 3 is 1.44 bits per heavy atom. The van der Waals surface area contributed by atoms with E-state index in [1.54, 1.807) is 12.1 Å². The molecule has 0 bridgehead atoms. The zero-order chi connectivity index (χ0) is 5.98. The Morgan fingerprint density at radius 2 is 1.22 bits per heavy atom. The van der Waals surface area contributed by atoms with Gasteiger partial charge in [-0.2, -0.15) is 0 Å². The van der Waals surface area contributed by atoms with Gasteiger partial charge in [0.2, 0.25) is 0 Å². The zero-order valence-corrected chi connectivity index (χ0v) is 5.66. The van der Waals surface area contributed by atoms with Crippen LogP contribution in [-0.2, 0) is 17.1 Å². The molecule has 9 heavy (non-hydrogen) atoms. The fourth-order valence-corrected chi connectivity index (χ4v) is 0.464. The molecule has 0 aromatic heterocycles. The molecule has 0 aliphatic rings. The van der Waals surface area contributed by atoms with E-state index in [0.717, 1.165) is 0 Å². The van der Waals surface area contributed by atoms with Gasteiger partial charge in [-0.1, -0.05) is 12.1 Å². The summed E-state index contributed by atoms with van der Waals surface area (Å²) in [6.45, 7) is 0. The SMILES string of the molecule is Oc1ccccc1O.[Fe+3]. The summed E-state index contributed by atoms with van der Waals surface area (Å²) < 4.78 is 0. The minimum atomic E-state index is -0.0764. The molecule has 0 unspecified atom stereocenters. The summed E-state index contributed by atoms with van der Waals surface area (Å²) in [7, 11) is 0. The van der Waals surface area contributed by atoms with Crippen molar-refractivity contribution < 1.29 is 27.3 Å². The third-order valence-electron chi connectivity index (χ3n) is 0.882. The van der Waals surface area contributed by atoms with E-state index in [9.17, 15) is 0 Å². The van der Waals surface area contributed by atoms with E-state index in [2.05, 4.69) is 0 Å². The number of para-hydroxylation sites is 2. The van der Waals surface area contributed by atoms with Crippen molar-refractivity contribution in [3.63, 3.8) is 0 Å². The molecule has 0 aliphatic heterocycles. The Balaban J connectivity index is 0.000000640. The first-order chi connectivity index (χ1) is 3.80. The van der Waals surface area contributed by atoms with Crippen LogP contribution in [0.2, 0.25) is 0 Å². The van der Waals surface area contributed by atoms with Crippen LogP contribution in [0.3, 0.4) is 0 Å². The van der Waals surface area contributed by atoms with Crippen molar-refractivity contribution in [2.75, 3.05) is 0 Å². The first kappa shape index (κ1) is 8.34. The van der Waals surface area contributed by atoms with Gasteiger partial charge in [-0.25, -0.2) is 0 Å². The van der Waals surface area contributed by atoms with Gasteiger partial charge in [0.25, 0.3) is 0 Å². The van der Waals surface area contributed by atoms with E-state index >= 15 is 0 Å². The molecule has 3 heteroatoms. The first-order valence-electron chi connectivity index (χ1n) is 2.27. The van der Waals surface area contributed by atoms with Gasteiger partial charge >= 0.3 is 17.1 Å². The number of aromatic hydroxyl groups is 2. The molecule has 0 saturated heterocycles. The van der Waals surface area contributed by atoms with Crippen molar-refractivity contribution in [1.29, 1.82) is 0 Å². The van der Waals surface area contributed by atoms with Crippen LogP contribution in [0.25, 0.3) is 0 Å². The molecular formula is C6H6FeO2+3. The predicted octanol–water partition coefficient (Wildman–Crippen LogP) is 1.10. The van der Waals surface area contributed by atoms with Crippen molar-refractivity contribution in [2.24, 2.45) is 0 Å². The zero-order valence-electron chi connectivity index (χ0n) is 4.56. The molecule has 0 saturated carbocycles. The maximum Gasteiger partial charge on any atom is 3.00 e. The quantitative estimate of drug-likeness (QED) is 0.447. The Hall–Kier alpha value is -0.661. The largest absolute Gasteiger partial charge is 3.00 e. The number of rotatable bonds is 0. The topological polar surface area (TPSA) is 40.5 Å². The van der Waals surface area contributed by atoms with Gasteiger partial charge in [0.1, 0.15) is 0 Å². The first-order valence-corrected chi connectivity index (χ1v) is 2.27. The standard InChI is InChI=1S/C6H6O2.Fe/c7-5-3-1-2-4-6(5)8;/h1-4,7-8H;/q;+3. The van der Waals surface area contributed by atoms with E-state index in [4.69, 9.17) is 10.2 Å². The normalized spacial score (nSPS) is 8.00. The Morgan fingerprint density at radius 1 is 0.889 bits per heavy atom. The molecule has 47 valence electrons. The molecule has 1 aromatic carbocycles. The van der Waals surface area contributed by atoms with Crippen LogP contribution in [0.4, 0.5) is 0 Å². The Kier molecular flexibility index (Phi) is 3.13. The van der Waals surface area contributed by atoms with Gasteiger partial charge in [0.05, 0.1) is 0 Å². The van der Waals surface area contributed by atoms with E-state index in [-0.39, 0.29) is 28.6 Å². The summed E-state index contributed by atoms with van der Waals surface area (Å²) in [6.07, 6.45) is 0. The number of benzene rings is 1. The average Bonchev–Trinajstić information content (AvgIpc) is 1.77. The van der Waals surface area contributed by atoms with E-state index in [0.29, 0.717) is 0 Å². The van der Waals surface area contributed by atoms with Gasteiger partial charge < -0.3 is 10.2 Å². The van der Waals surface area contributed by atoms with Crippen LogP contribution in [0.5, 0.6) is 11.5 Å². The van der Waals surface area contributed by atoms with Crippen LogP contribution >= 0.6 is 0 Å². The van der Waals surface area contributed by atoms with Gasteiger partial charge in [-0.05, 0) is 12.1 Å². The predicted molar refractivity (Wildman–Crippen MR) is 29.8 cm³/mol. The Bertz CT molecular complexity index is 167. The third kappa shape index (κ3) is 1.96. The van der Waals surface area contributed by atoms with Crippen molar-refractivity contribution in [3.05, 3.63) is 24.3 Å². The number of hydrogen-bond donors (Lipinski definition) is 2. The fourth-order valence-electron chi connectivity index (χ4n) is 0.464. The minimum absolute atomic E-state index is 0. The van der Waals surface area contributed by atoms with Crippen LogP contribution in [0.1, 0.15) is 0 Å². The summed E-state index contributed by atoms with van der Waals surface area (Å²) in [5.74, 6) is -0.153. The van der Waals surface area contributed by atoms with Crippen LogP contribution in [-0.4, -0.2) is 10.2 Å². The molecule has 2 N–H and O–H groups in total. The minimum Gasteiger partial charge on any atom is -0.504 e. The van der Waals surface area contributed by atoms with E-state index in [1.165, 1.54) is 12.1 Å². The van der Waals surface area contributed by atoms with Crippen molar-refractivity contribution in [2.45, 2.75) is 0 Å². The van der Waals surface area contributed by atoms with Gasteiger partial charge in [-0.15, -0.1) is 0 Å². The van der Waals surface area contributed by atoms with Crippen LogP contribution in [0, 0.1) is 0 Å². The molecule has 0 amide bonds. The molecule has 1 aromatic rings. The summed E-state index contributed by atoms with van der Waals surface area (Å²) in [5.41, 5.74) is 0. The van der Waals surface area contributed by atoms with Crippen molar-refractivity contribution >= 4 is 0 Å². The second kappa shape index (κ2) is 3.38. The maximum absolute atomic E-state index is 8.67. The molecular weight excluding hydrogens is 160 g/mol. The Labute approximate surface area is 63.6 Å². The second-order valence-electron chi connectivity index (χ2n) is 1.49. The van der Waals surface area contributed by atoms with Crippen LogP contribution in [0.15, 0.2) is 24.3 Å². The van der Waals surface area contributed by atoms with E-state index in [1.807, 2.05) is 0 Å². The molecule has 0 heterocycles. The van der Waals surface area contributed by atoms with Gasteiger partial charge in [0.15, 0.2) is 11.5 Å². The number of phenols is 2. The van der Waals surface area contributed by atoms with Crippen molar-refractivity contribution in [1.82, 2.24) is 0 Å². The maximum atomic E-state index is 8.67.